The van der Waals surface area contributed by atoms with E-state index in [2.05, 4.69) is 26.1 Å². The van der Waals surface area contributed by atoms with E-state index in [1.165, 1.54) is 0 Å². The Balaban J connectivity index is 1.58. The zero-order valence-electron chi connectivity index (χ0n) is 13.5. The van der Waals surface area contributed by atoms with Gasteiger partial charge in [0.05, 0.1) is 28.4 Å². The van der Waals surface area contributed by atoms with Crippen LogP contribution < -0.4 is 15.0 Å². The Kier molecular flexibility index (Phi) is 6.18. The Hall–Kier alpha value is -1.76. The lowest BCUT2D eigenvalue weighted by molar-refractivity contribution is -0.118. The molecule has 0 aliphatic carbocycles. The summed E-state index contributed by atoms with van der Waals surface area (Å²) in [7, 11) is 0. The number of nitrogens with one attached hydrogen (secondary N) is 1. The topological polar surface area (TPSA) is 50.8 Å². The summed E-state index contributed by atoms with van der Waals surface area (Å²) in [4.78, 5) is 14.2. The number of hydrogen-bond acceptors (Lipinski definition) is 4. The first kappa shape index (κ1) is 18.0. The van der Waals surface area contributed by atoms with Gasteiger partial charge in [0.2, 0.25) is 0 Å². The largest absolute Gasteiger partial charge is 0.483 e. The standard InChI is InChI=1S/C18H18BrClN2O3/c19-14-3-1-2-4-17(14)25-12-18(23)21-13-5-6-16(15(20)11-13)22-7-9-24-10-8-22/h1-6,11H,7-10,12H2,(H,21,23). The van der Waals surface area contributed by atoms with Crippen LogP contribution in [0.25, 0.3) is 0 Å². The van der Waals surface area contributed by atoms with Crippen molar-refractivity contribution in [3.05, 3.63) is 52.0 Å². The summed E-state index contributed by atoms with van der Waals surface area (Å²) in [6, 6.07) is 12.9. The lowest BCUT2D eigenvalue weighted by Gasteiger charge is -2.29. The van der Waals surface area contributed by atoms with Gasteiger partial charge in [0.15, 0.2) is 6.61 Å². The highest BCUT2D eigenvalue weighted by Gasteiger charge is 2.15. The smallest absolute Gasteiger partial charge is 0.262 e. The van der Waals surface area contributed by atoms with E-state index in [1.807, 2.05) is 30.3 Å². The number of nitrogens with zero attached hydrogens (tertiary/aromatic N) is 1. The molecule has 1 heterocycles. The minimum absolute atomic E-state index is 0.0779. The van der Waals surface area contributed by atoms with E-state index in [0.29, 0.717) is 29.7 Å². The van der Waals surface area contributed by atoms with Crippen LogP contribution >= 0.6 is 27.5 Å². The molecule has 3 rings (SSSR count). The highest BCUT2D eigenvalue weighted by molar-refractivity contribution is 9.10. The molecule has 132 valence electrons. The Morgan fingerprint density at radius 2 is 2.00 bits per heavy atom. The number of amides is 1. The summed E-state index contributed by atoms with van der Waals surface area (Å²) in [6.07, 6.45) is 0. The van der Waals surface area contributed by atoms with Gasteiger partial charge in [-0.2, -0.15) is 0 Å². The van der Waals surface area contributed by atoms with Crippen molar-refractivity contribution in [2.75, 3.05) is 43.1 Å². The van der Waals surface area contributed by atoms with E-state index in [4.69, 9.17) is 21.1 Å². The van der Waals surface area contributed by atoms with Gasteiger partial charge in [-0.3, -0.25) is 4.79 Å². The van der Waals surface area contributed by atoms with Crippen molar-refractivity contribution in [1.82, 2.24) is 0 Å². The summed E-state index contributed by atoms with van der Waals surface area (Å²) in [5.41, 5.74) is 1.59. The number of benzene rings is 2. The summed E-state index contributed by atoms with van der Waals surface area (Å²) in [6.45, 7) is 2.93. The van der Waals surface area contributed by atoms with Crippen LogP contribution in [0.2, 0.25) is 5.02 Å². The molecular weight excluding hydrogens is 408 g/mol. The third-order valence-electron chi connectivity index (χ3n) is 3.78. The minimum atomic E-state index is -0.244. The van der Waals surface area contributed by atoms with Crippen molar-refractivity contribution in [1.29, 1.82) is 0 Å². The Bertz CT molecular complexity index is 751. The lowest BCUT2D eigenvalue weighted by atomic mass is 10.2. The third kappa shape index (κ3) is 4.87. The van der Waals surface area contributed by atoms with Crippen molar-refractivity contribution < 1.29 is 14.3 Å². The van der Waals surface area contributed by atoms with Crippen LogP contribution in [0.5, 0.6) is 5.75 Å². The van der Waals surface area contributed by atoms with Gasteiger partial charge in [0, 0.05) is 18.8 Å². The van der Waals surface area contributed by atoms with Crippen molar-refractivity contribution in [3.63, 3.8) is 0 Å². The molecule has 0 saturated carbocycles. The quantitative estimate of drug-likeness (QED) is 0.788. The first-order valence-electron chi connectivity index (χ1n) is 7.93. The predicted octanol–water partition coefficient (Wildman–Crippen LogP) is 3.96. The molecule has 0 unspecified atom stereocenters. The monoisotopic (exact) mass is 424 g/mol. The van der Waals surface area contributed by atoms with Crippen LogP contribution in [-0.2, 0) is 9.53 Å². The van der Waals surface area contributed by atoms with Crippen molar-refractivity contribution in [3.8, 4) is 5.75 Å². The van der Waals surface area contributed by atoms with E-state index in [9.17, 15) is 4.79 Å². The van der Waals surface area contributed by atoms with Crippen LogP contribution in [0.1, 0.15) is 0 Å². The molecule has 0 atom stereocenters. The normalized spacial score (nSPS) is 14.2. The summed E-state index contributed by atoms with van der Waals surface area (Å²) >= 11 is 9.75. The van der Waals surface area contributed by atoms with Crippen LogP contribution in [0.15, 0.2) is 46.9 Å². The zero-order valence-corrected chi connectivity index (χ0v) is 15.8. The number of carbonyl (C=O) groups is 1. The second-order valence-corrected chi connectivity index (χ2v) is 6.79. The van der Waals surface area contributed by atoms with Gasteiger partial charge in [0.25, 0.3) is 5.91 Å². The third-order valence-corrected chi connectivity index (χ3v) is 4.74. The number of hydrogen-bond donors (Lipinski definition) is 1. The molecule has 7 heteroatoms. The molecule has 2 aromatic rings. The van der Waals surface area contributed by atoms with E-state index in [0.717, 1.165) is 23.2 Å². The second-order valence-electron chi connectivity index (χ2n) is 5.53. The maximum absolute atomic E-state index is 12.1. The molecule has 25 heavy (non-hydrogen) atoms. The Labute approximate surface area is 160 Å². The molecule has 0 aromatic heterocycles. The Morgan fingerprint density at radius 3 is 2.72 bits per heavy atom. The van der Waals surface area contributed by atoms with Crippen molar-refractivity contribution in [2.45, 2.75) is 0 Å². The molecule has 1 aliphatic rings. The number of rotatable bonds is 5. The van der Waals surface area contributed by atoms with Gasteiger partial charge >= 0.3 is 0 Å². The number of halogens is 2. The molecule has 1 aliphatic heterocycles. The van der Waals surface area contributed by atoms with Gasteiger partial charge in [-0.25, -0.2) is 0 Å². The molecule has 0 spiro atoms. The fraction of sp³-hybridized carbons (Fsp3) is 0.278. The van der Waals surface area contributed by atoms with E-state index >= 15 is 0 Å². The zero-order chi connectivity index (χ0) is 17.6. The van der Waals surface area contributed by atoms with Crippen LogP contribution in [0, 0.1) is 0 Å². The highest BCUT2D eigenvalue weighted by Crippen LogP contribution is 2.29. The predicted molar refractivity (Wildman–Crippen MR) is 103 cm³/mol. The van der Waals surface area contributed by atoms with E-state index in [-0.39, 0.29) is 12.5 Å². The highest BCUT2D eigenvalue weighted by atomic mass is 79.9. The second kappa shape index (κ2) is 8.56. The summed E-state index contributed by atoms with van der Waals surface area (Å²) < 4.78 is 11.7. The average Bonchev–Trinajstić information content (AvgIpc) is 2.62. The van der Waals surface area contributed by atoms with Crippen LogP contribution in [0.3, 0.4) is 0 Å². The van der Waals surface area contributed by atoms with E-state index < -0.39 is 0 Å². The van der Waals surface area contributed by atoms with Gasteiger partial charge in [-0.05, 0) is 46.3 Å². The number of morpholine rings is 1. The molecular formula is C18H18BrClN2O3. The molecule has 1 fully saturated rings. The Morgan fingerprint density at radius 1 is 1.24 bits per heavy atom. The van der Waals surface area contributed by atoms with Gasteiger partial charge in [-0.15, -0.1) is 0 Å². The van der Waals surface area contributed by atoms with E-state index in [1.54, 1.807) is 12.1 Å². The number of para-hydroxylation sites is 1. The number of anilines is 2. The summed E-state index contributed by atoms with van der Waals surface area (Å²) in [5.74, 6) is 0.379. The SMILES string of the molecule is O=C(COc1ccccc1Br)Nc1ccc(N2CCOCC2)c(Cl)c1. The van der Waals surface area contributed by atoms with Crippen LogP contribution in [0.4, 0.5) is 11.4 Å². The first-order valence-corrected chi connectivity index (χ1v) is 9.10. The summed E-state index contributed by atoms with van der Waals surface area (Å²) in [5, 5.41) is 3.40. The van der Waals surface area contributed by atoms with Crippen molar-refractivity contribution >= 4 is 44.8 Å². The lowest BCUT2D eigenvalue weighted by Crippen LogP contribution is -2.36. The minimum Gasteiger partial charge on any atom is -0.483 e. The van der Waals surface area contributed by atoms with Gasteiger partial charge in [-0.1, -0.05) is 23.7 Å². The fourth-order valence-corrected chi connectivity index (χ4v) is 3.25. The molecule has 5 nitrogen and oxygen atoms in total. The number of ether oxygens (including phenoxy) is 2. The maximum atomic E-state index is 12.1. The molecule has 2 aromatic carbocycles. The van der Waals surface area contributed by atoms with Gasteiger partial charge in [0.1, 0.15) is 5.75 Å². The number of carbonyl (C=O) groups excluding carboxylic acids is 1. The molecule has 0 bridgehead atoms. The fourth-order valence-electron chi connectivity index (χ4n) is 2.55. The average molecular weight is 426 g/mol. The molecule has 1 amide bonds. The molecule has 1 N–H and O–H groups in total. The van der Waals surface area contributed by atoms with Crippen molar-refractivity contribution in [2.24, 2.45) is 0 Å². The maximum Gasteiger partial charge on any atom is 0.262 e. The van der Waals surface area contributed by atoms with Crippen LogP contribution in [-0.4, -0.2) is 38.8 Å². The molecule has 0 radical (unpaired) electrons. The van der Waals surface area contributed by atoms with Gasteiger partial charge < -0.3 is 19.7 Å². The molecule has 1 saturated heterocycles. The first-order chi connectivity index (χ1) is 12.1.